The van der Waals surface area contributed by atoms with Crippen molar-refractivity contribution in [3.63, 3.8) is 0 Å². The van der Waals surface area contributed by atoms with Crippen molar-refractivity contribution in [3.05, 3.63) is 98.5 Å². The molecule has 3 heterocycles. The number of nitrogens with zero attached hydrogens (tertiary/aromatic N) is 5. The van der Waals surface area contributed by atoms with Crippen LogP contribution in [0.3, 0.4) is 0 Å². The molecule has 0 radical (unpaired) electrons. The van der Waals surface area contributed by atoms with Crippen LogP contribution in [0.1, 0.15) is 11.1 Å². The van der Waals surface area contributed by atoms with Gasteiger partial charge in [-0.1, -0.05) is 41.4 Å². The average molecular weight is 486 g/mol. The summed E-state index contributed by atoms with van der Waals surface area (Å²) in [6.45, 7) is 4.00. The number of rotatable bonds is 2. The third-order valence-electron chi connectivity index (χ3n) is 5.81. The Morgan fingerprint density at radius 1 is 0.765 bits per heavy atom. The lowest BCUT2D eigenvalue weighted by molar-refractivity contribution is 0.948. The van der Waals surface area contributed by atoms with Crippen LogP contribution in [0.4, 0.5) is 0 Å². The normalized spacial score (nSPS) is 11.6. The molecule has 0 amide bonds. The van der Waals surface area contributed by atoms with Gasteiger partial charge in [0.1, 0.15) is 17.2 Å². The second kappa shape index (κ2) is 7.65. The molecule has 6 rings (SSSR count). The van der Waals surface area contributed by atoms with Gasteiger partial charge in [0.05, 0.1) is 32.5 Å². The summed E-state index contributed by atoms with van der Waals surface area (Å²) < 4.78 is 3.36. The highest BCUT2D eigenvalue weighted by Gasteiger charge is 2.21. The number of para-hydroxylation sites is 2. The molecule has 0 fully saturated rings. The highest BCUT2D eigenvalue weighted by molar-refractivity contribution is 6.42. The van der Waals surface area contributed by atoms with Crippen molar-refractivity contribution in [2.24, 2.45) is 0 Å². The van der Waals surface area contributed by atoms with Crippen LogP contribution in [-0.2, 0) is 0 Å². The van der Waals surface area contributed by atoms with E-state index in [-0.39, 0.29) is 5.56 Å². The van der Waals surface area contributed by atoms with E-state index < -0.39 is 0 Å². The van der Waals surface area contributed by atoms with Gasteiger partial charge >= 0.3 is 0 Å². The minimum absolute atomic E-state index is 0.219. The summed E-state index contributed by atoms with van der Waals surface area (Å²) in [6, 6.07) is 18.8. The Morgan fingerprint density at radius 3 is 2.18 bits per heavy atom. The number of halogens is 2. The number of hydrogen-bond acceptors (Lipinski definition) is 4. The Kier molecular flexibility index (Phi) is 4.69. The van der Waals surface area contributed by atoms with E-state index >= 15 is 0 Å². The zero-order valence-electron chi connectivity index (χ0n) is 18.3. The van der Waals surface area contributed by atoms with Crippen LogP contribution in [0.2, 0.25) is 10.0 Å². The molecule has 0 unspecified atom stereocenters. The van der Waals surface area contributed by atoms with Gasteiger partial charge < -0.3 is 0 Å². The maximum atomic E-state index is 13.9. The molecule has 6 nitrogen and oxygen atoms in total. The quantitative estimate of drug-likeness (QED) is 0.293. The van der Waals surface area contributed by atoms with Gasteiger partial charge in [-0.05, 0) is 67.4 Å². The number of fused-ring (bicyclic) bond motifs is 4. The number of hydrogen-bond donors (Lipinski definition) is 0. The molecule has 0 bridgehead atoms. The van der Waals surface area contributed by atoms with Crippen LogP contribution >= 0.6 is 23.2 Å². The molecule has 0 saturated heterocycles. The zero-order chi connectivity index (χ0) is 23.6. The van der Waals surface area contributed by atoms with Gasteiger partial charge in [-0.25, -0.2) is 15.0 Å². The standard InChI is InChI=1S/C26H17Cl2N5O/c1-14-9-15(2)11-17(10-14)32-13-29-24-22(26(32)34)23-25(31-21-6-4-3-5-20(21)30-23)33(24)16-7-8-18(27)19(28)12-16/h3-13H,1-2H3. The van der Waals surface area contributed by atoms with Gasteiger partial charge in [-0.3, -0.25) is 13.9 Å². The molecular weight excluding hydrogens is 469 g/mol. The minimum atomic E-state index is -0.219. The smallest absolute Gasteiger partial charge is 0.269 e. The van der Waals surface area contributed by atoms with Gasteiger partial charge in [0, 0.05) is 0 Å². The van der Waals surface area contributed by atoms with Gasteiger partial charge in [-0.2, -0.15) is 0 Å². The topological polar surface area (TPSA) is 65.6 Å². The highest BCUT2D eigenvalue weighted by Crippen LogP contribution is 2.31. The molecule has 0 N–H and O–H groups in total. The maximum Gasteiger partial charge on any atom is 0.269 e. The first-order valence-corrected chi connectivity index (χ1v) is 11.4. The lowest BCUT2D eigenvalue weighted by Crippen LogP contribution is -2.19. The molecular formula is C26H17Cl2N5O. The lowest BCUT2D eigenvalue weighted by Gasteiger charge is -2.09. The lowest BCUT2D eigenvalue weighted by atomic mass is 10.1. The minimum Gasteiger partial charge on any atom is -0.276 e. The van der Waals surface area contributed by atoms with E-state index in [2.05, 4.69) is 6.07 Å². The molecule has 3 aromatic heterocycles. The molecule has 0 saturated carbocycles. The Bertz CT molecular complexity index is 1820. The highest BCUT2D eigenvalue weighted by atomic mass is 35.5. The monoisotopic (exact) mass is 485 g/mol. The fraction of sp³-hybridized carbons (Fsp3) is 0.0769. The molecule has 6 aromatic rings. The second-order valence-corrected chi connectivity index (χ2v) is 9.10. The largest absolute Gasteiger partial charge is 0.276 e. The second-order valence-electron chi connectivity index (χ2n) is 8.28. The average Bonchev–Trinajstić information content (AvgIpc) is 3.13. The predicted molar refractivity (Wildman–Crippen MR) is 137 cm³/mol. The first-order chi connectivity index (χ1) is 16.4. The van der Waals surface area contributed by atoms with Crippen molar-refractivity contribution < 1.29 is 0 Å². The number of aryl methyl sites for hydroxylation is 2. The first-order valence-electron chi connectivity index (χ1n) is 10.6. The maximum absolute atomic E-state index is 13.9. The van der Waals surface area contributed by atoms with Crippen LogP contribution in [-0.4, -0.2) is 24.1 Å². The summed E-state index contributed by atoms with van der Waals surface area (Å²) in [5.41, 5.74) is 6.22. The van der Waals surface area contributed by atoms with Crippen LogP contribution in [0.5, 0.6) is 0 Å². The molecule has 0 aliphatic carbocycles. The molecule has 166 valence electrons. The van der Waals surface area contributed by atoms with Gasteiger partial charge in [0.25, 0.3) is 5.56 Å². The molecule has 3 aromatic carbocycles. The van der Waals surface area contributed by atoms with Crippen molar-refractivity contribution in [1.29, 1.82) is 0 Å². The van der Waals surface area contributed by atoms with E-state index in [1.807, 2.05) is 56.3 Å². The van der Waals surface area contributed by atoms with Crippen LogP contribution in [0.15, 0.2) is 71.8 Å². The summed E-state index contributed by atoms with van der Waals surface area (Å²) in [7, 11) is 0. The number of benzene rings is 3. The molecule has 34 heavy (non-hydrogen) atoms. The number of aromatic nitrogens is 5. The van der Waals surface area contributed by atoms with E-state index in [0.717, 1.165) is 16.8 Å². The van der Waals surface area contributed by atoms with Crippen molar-refractivity contribution in [1.82, 2.24) is 24.1 Å². The summed E-state index contributed by atoms with van der Waals surface area (Å²) in [6.07, 6.45) is 1.55. The Balaban J connectivity index is 1.77. The molecule has 0 atom stereocenters. The van der Waals surface area contributed by atoms with Gasteiger partial charge in [0.15, 0.2) is 11.3 Å². The third-order valence-corrected chi connectivity index (χ3v) is 6.55. The summed E-state index contributed by atoms with van der Waals surface area (Å²) in [4.78, 5) is 28.2. The molecule has 0 spiro atoms. The van der Waals surface area contributed by atoms with E-state index in [1.54, 1.807) is 27.6 Å². The zero-order valence-corrected chi connectivity index (χ0v) is 19.8. The fourth-order valence-corrected chi connectivity index (χ4v) is 4.67. The molecule has 0 aliphatic heterocycles. The van der Waals surface area contributed by atoms with Crippen LogP contribution in [0.25, 0.3) is 44.6 Å². The fourth-order valence-electron chi connectivity index (χ4n) is 4.38. The van der Waals surface area contributed by atoms with Crippen molar-refractivity contribution in [3.8, 4) is 11.4 Å². The van der Waals surface area contributed by atoms with Crippen molar-refractivity contribution in [2.75, 3.05) is 0 Å². The summed E-state index contributed by atoms with van der Waals surface area (Å²) in [5, 5.41) is 1.22. The van der Waals surface area contributed by atoms with Gasteiger partial charge in [0.2, 0.25) is 0 Å². The summed E-state index contributed by atoms with van der Waals surface area (Å²) in [5.74, 6) is 0. The van der Waals surface area contributed by atoms with E-state index in [0.29, 0.717) is 49.0 Å². The van der Waals surface area contributed by atoms with Gasteiger partial charge in [-0.15, -0.1) is 0 Å². The Morgan fingerprint density at radius 2 is 1.47 bits per heavy atom. The van der Waals surface area contributed by atoms with E-state index in [9.17, 15) is 4.79 Å². The molecule has 8 heteroatoms. The predicted octanol–water partition coefficient (Wildman–Crippen LogP) is 6.20. The SMILES string of the molecule is Cc1cc(C)cc(-n2cnc3c(c2=O)c2nc4ccccc4nc2n3-c2ccc(Cl)c(Cl)c2)c1. The first kappa shape index (κ1) is 20.8. The van der Waals surface area contributed by atoms with Crippen LogP contribution in [0, 0.1) is 13.8 Å². The molecule has 0 aliphatic rings. The summed E-state index contributed by atoms with van der Waals surface area (Å²) >= 11 is 12.5. The van der Waals surface area contributed by atoms with E-state index in [4.69, 9.17) is 38.2 Å². The van der Waals surface area contributed by atoms with Crippen LogP contribution < -0.4 is 5.56 Å². The Labute approximate surface area is 204 Å². The van der Waals surface area contributed by atoms with E-state index in [1.165, 1.54) is 0 Å². The Hall–Kier alpha value is -3.74. The third kappa shape index (κ3) is 3.18. The van der Waals surface area contributed by atoms with Crippen molar-refractivity contribution in [2.45, 2.75) is 13.8 Å². The van der Waals surface area contributed by atoms with Crippen molar-refractivity contribution >= 4 is 56.4 Å².